The van der Waals surface area contributed by atoms with Crippen molar-refractivity contribution in [1.29, 1.82) is 0 Å². The second-order valence-electron chi connectivity index (χ2n) is 8.01. The molecule has 1 unspecified atom stereocenters. The van der Waals surface area contributed by atoms with E-state index in [4.69, 9.17) is 0 Å². The molecule has 0 saturated heterocycles. The summed E-state index contributed by atoms with van der Waals surface area (Å²) < 4.78 is 0. The largest absolute Gasteiger partial charge is 0.354 e. The maximum absolute atomic E-state index is 13.0. The molecule has 0 aliphatic heterocycles. The van der Waals surface area contributed by atoms with Crippen molar-refractivity contribution in [2.45, 2.75) is 58.4 Å². The molecule has 1 atom stereocenters. The van der Waals surface area contributed by atoms with Crippen LogP contribution in [-0.2, 0) is 11.2 Å². The highest BCUT2D eigenvalue weighted by molar-refractivity contribution is 5.97. The van der Waals surface area contributed by atoms with Crippen LogP contribution in [0.3, 0.4) is 0 Å². The number of carbonyl (C=O) groups is 2. The Balaban J connectivity index is 1.65. The second-order valence-corrected chi connectivity index (χ2v) is 8.01. The molecular formula is C24H31N3O2. The number of amides is 2. The van der Waals surface area contributed by atoms with Crippen molar-refractivity contribution in [2.75, 3.05) is 6.54 Å². The van der Waals surface area contributed by atoms with Crippen LogP contribution in [0.5, 0.6) is 0 Å². The molecule has 0 radical (unpaired) electrons. The Bertz CT molecular complexity index is 829. The van der Waals surface area contributed by atoms with Gasteiger partial charge in [-0.25, -0.2) is 0 Å². The summed E-state index contributed by atoms with van der Waals surface area (Å²) in [6.45, 7) is 4.53. The third kappa shape index (κ3) is 5.89. The number of aromatic nitrogens is 1. The van der Waals surface area contributed by atoms with E-state index >= 15 is 0 Å². The molecule has 1 saturated carbocycles. The summed E-state index contributed by atoms with van der Waals surface area (Å²) in [4.78, 5) is 30.1. The van der Waals surface area contributed by atoms with Crippen LogP contribution in [0.4, 0.5) is 0 Å². The topological polar surface area (TPSA) is 71.1 Å². The molecule has 2 aromatic rings. The number of nitrogens with one attached hydrogen (secondary N) is 2. The van der Waals surface area contributed by atoms with E-state index in [1.165, 1.54) is 6.42 Å². The molecule has 0 bridgehead atoms. The lowest BCUT2D eigenvalue weighted by molar-refractivity contribution is -0.124. The summed E-state index contributed by atoms with van der Waals surface area (Å²) in [6.07, 6.45) is 7.82. The van der Waals surface area contributed by atoms with Gasteiger partial charge >= 0.3 is 0 Å². The second kappa shape index (κ2) is 10.2. The van der Waals surface area contributed by atoms with Crippen molar-refractivity contribution >= 4 is 11.8 Å². The van der Waals surface area contributed by atoms with E-state index in [1.54, 1.807) is 6.20 Å². The van der Waals surface area contributed by atoms with Gasteiger partial charge < -0.3 is 10.6 Å². The summed E-state index contributed by atoms with van der Waals surface area (Å²) in [6, 6.07) is 10.9. The van der Waals surface area contributed by atoms with Gasteiger partial charge in [0.05, 0.1) is 0 Å². The van der Waals surface area contributed by atoms with Gasteiger partial charge in [0.25, 0.3) is 5.91 Å². The predicted molar refractivity (Wildman–Crippen MR) is 115 cm³/mol. The molecular weight excluding hydrogens is 362 g/mol. The first-order chi connectivity index (χ1) is 14.0. The SMILES string of the molecule is Cc1ccc(C(=O)NC(C(=O)NCCc2ccccn2)C2CCCCC2)cc1C. The van der Waals surface area contributed by atoms with Gasteiger partial charge in [-0.3, -0.25) is 14.6 Å². The molecule has 29 heavy (non-hydrogen) atoms. The highest BCUT2D eigenvalue weighted by Gasteiger charge is 2.31. The predicted octanol–water partition coefficient (Wildman–Crippen LogP) is 3.74. The van der Waals surface area contributed by atoms with Gasteiger partial charge in [0, 0.05) is 30.4 Å². The zero-order valence-electron chi connectivity index (χ0n) is 17.4. The molecule has 1 fully saturated rings. The smallest absolute Gasteiger partial charge is 0.251 e. The molecule has 1 aliphatic carbocycles. The molecule has 2 amide bonds. The van der Waals surface area contributed by atoms with E-state index in [0.717, 1.165) is 42.5 Å². The summed E-state index contributed by atoms with van der Waals surface area (Å²) >= 11 is 0. The Kier molecular flexibility index (Phi) is 7.39. The molecule has 154 valence electrons. The molecule has 2 N–H and O–H groups in total. The van der Waals surface area contributed by atoms with E-state index in [9.17, 15) is 9.59 Å². The molecule has 1 aliphatic rings. The highest BCUT2D eigenvalue weighted by atomic mass is 16.2. The van der Waals surface area contributed by atoms with E-state index in [0.29, 0.717) is 18.5 Å². The van der Waals surface area contributed by atoms with Crippen LogP contribution in [-0.4, -0.2) is 29.4 Å². The number of pyridine rings is 1. The van der Waals surface area contributed by atoms with Gasteiger partial charge in [-0.05, 0) is 68.0 Å². The minimum absolute atomic E-state index is 0.0926. The number of rotatable bonds is 7. The zero-order valence-corrected chi connectivity index (χ0v) is 17.4. The van der Waals surface area contributed by atoms with Gasteiger partial charge in [0.2, 0.25) is 5.91 Å². The van der Waals surface area contributed by atoms with E-state index in [-0.39, 0.29) is 17.7 Å². The van der Waals surface area contributed by atoms with Crippen molar-refractivity contribution < 1.29 is 9.59 Å². The molecule has 5 heteroatoms. The number of carbonyl (C=O) groups excluding carboxylic acids is 2. The normalized spacial score (nSPS) is 15.5. The average molecular weight is 394 g/mol. The van der Waals surface area contributed by atoms with Crippen LogP contribution in [0.15, 0.2) is 42.6 Å². The Morgan fingerprint density at radius 2 is 1.86 bits per heavy atom. The van der Waals surface area contributed by atoms with Gasteiger partial charge in [0.1, 0.15) is 6.04 Å². The Morgan fingerprint density at radius 1 is 1.07 bits per heavy atom. The maximum atomic E-state index is 13.0. The lowest BCUT2D eigenvalue weighted by Crippen LogP contribution is -2.51. The third-order valence-corrected chi connectivity index (χ3v) is 5.87. The Hall–Kier alpha value is -2.69. The van der Waals surface area contributed by atoms with Gasteiger partial charge in [0.15, 0.2) is 0 Å². The monoisotopic (exact) mass is 393 g/mol. The van der Waals surface area contributed by atoms with Gasteiger partial charge in [-0.2, -0.15) is 0 Å². The van der Waals surface area contributed by atoms with E-state index < -0.39 is 6.04 Å². The third-order valence-electron chi connectivity index (χ3n) is 5.87. The minimum Gasteiger partial charge on any atom is -0.354 e. The summed E-state index contributed by atoms with van der Waals surface area (Å²) in [5.41, 5.74) is 3.78. The van der Waals surface area contributed by atoms with Crippen LogP contribution in [0.1, 0.15) is 59.3 Å². The fraction of sp³-hybridized carbons (Fsp3) is 0.458. The number of aryl methyl sites for hydroxylation is 2. The summed E-state index contributed by atoms with van der Waals surface area (Å²) in [5.74, 6) is -0.0809. The highest BCUT2D eigenvalue weighted by Crippen LogP contribution is 2.27. The van der Waals surface area contributed by atoms with Crippen LogP contribution >= 0.6 is 0 Å². The fourth-order valence-electron chi connectivity index (χ4n) is 3.94. The van der Waals surface area contributed by atoms with E-state index in [1.807, 2.05) is 50.2 Å². The van der Waals surface area contributed by atoms with Crippen LogP contribution in [0.25, 0.3) is 0 Å². The van der Waals surface area contributed by atoms with Crippen molar-refractivity contribution in [1.82, 2.24) is 15.6 Å². The first kappa shape index (κ1) is 21.0. The molecule has 0 spiro atoms. The lowest BCUT2D eigenvalue weighted by Gasteiger charge is -2.30. The van der Waals surface area contributed by atoms with Gasteiger partial charge in [-0.15, -0.1) is 0 Å². The lowest BCUT2D eigenvalue weighted by atomic mass is 9.83. The maximum Gasteiger partial charge on any atom is 0.251 e. The Labute approximate surface area is 173 Å². The van der Waals surface area contributed by atoms with Crippen LogP contribution in [0.2, 0.25) is 0 Å². The standard InChI is InChI=1S/C24H31N3O2/c1-17-11-12-20(16-18(17)2)23(28)27-22(19-8-4-3-5-9-19)24(29)26-15-13-21-10-6-7-14-25-21/h6-7,10-12,14,16,19,22H,3-5,8-9,13,15H2,1-2H3,(H,26,29)(H,27,28). The summed E-state index contributed by atoms with van der Waals surface area (Å²) in [5, 5.41) is 6.04. The molecule has 1 heterocycles. The van der Waals surface area contributed by atoms with Crippen molar-refractivity contribution in [3.63, 3.8) is 0 Å². The number of nitrogens with zero attached hydrogens (tertiary/aromatic N) is 1. The quantitative estimate of drug-likeness (QED) is 0.753. The molecule has 5 nitrogen and oxygen atoms in total. The fourth-order valence-corrected chi connectivity index (χ4v) is 3.94. The number of hydrogen-bond donors (Lipinski definition) is 2. The first-order valence-electron chi connectivity index (χ1n) is 10.6. The van der Waals surface area contributed by atoms with Gasteiger partial charge in [-0.1, -0.05) is 31.4 Å². The van der Waals surface area contributed by atoms with Crippen molar-refractivity contribution in [2.24, 2.45) is 5.92 Å². The molecule has 3 rings (SSSR count). The zero-order chi connectivity index (χ0) is 20.6. The molecule has 1 aromatic carbocycles. The van der Waals surface area contributed by atoms with Crippen molar-refractivity contribution in [3.8, 4) is 0 Å². The number of benzene rings is 1. The molecule has 1 aromatic heterocycles. The van der Waals surface area contributed by atoms with Crippen LogP contribution in [0, 0.1) is 19.8 Å². The summed E-state index contributed by atoms with van der Waals surface area (Å²) in [7, 11) is 0. The number of hydrogen-bond acceptors (Lipinski definition) is 3. The van der Waals surface area contributed by atoms with Crippen LogP contribution < -0.4 is 10.6 Å². The first-order valence-corrected chi connectivity index (χ1v) is 10.6. The minimum atomic E-state index is -0.492. The van der Waals surface area contributed by atoms with E-state index in [2.05, 4.69) is 15.6 Å². The van der Waals surface area contributed by atoms with Crippen molar-refractivity contribution in [3.05, 3.63) is 65.0 Å². The average Bonchev–Trinajstić information content (AvgIpc) is 2.75. The Morgan fingerprint density at radius 3 is 2.55 bits per heavy atom.